The minimum absolute atomic E-state index is 0.0203. The molecular weight excluding hydrogens is 264 g/mol. The maximum atomic E-state index is 11.6. The average Bonchev–Trinajstić information content (AvgIpc) is 2.98. The molecule has 1 aromatic heterocycles. The van der Waals surface area contributed by atoms with Gasteiger partial charge in [-0.25, -0.2) is 4.98 Å². The Morgan fingerprint density at radius 3 is 2.52 bits per heavy atom. The first kappa shape index (κ1) is 15.3. The fourth-order valence-electron chi connectivity index (χ4n) is 2.08. The first-order valence-corrected chi connectivity index (χ1v) is 7.17. The van der Waals surface area contributed by atoms with Gasteiger partial charge in [-0.2, -0.15) is 0 Å². The largest absolute Gasteiger partial charge is 0.353 e. The highest BCUT2D eigenvalue weighted by molar-refractivity contribution is 5.78. The van der Waals surface area contributed by atoms with Gasteiger partial charge >= 0.3 is 0 Å². The van der Waals surface area contributed by atoms with Gasteiger partial charge in [0.2, 0.25) is 5.91 Å². The summed E-state index contributed by atoms with van der Waals surface area (Å²) in [6.07, 6.45) is 5.44. The zero-order valence-corrected chi connectivity index (χ0v) is 12.7. The Morgan fingerprint density at radius 1 is 1.24 bits per heavy atom. The molecule has 0 aliphatic heterocycles. The number of nitrogens with zero attached hydrogens (tertiary/aromatic N) is 2. The van der Waals surface area contributed by atoms with Crippen LogP contribution in [-0.4, -0.2) is 28.0 Å². The molecule has 1 unspecified atom stereocenters. The lowest BCUT2D eigenvalue weighted by Crippen LogP contribution is -2.38. The van der Waals surface area contributed by atoms with Gasteiger partial charge in [0.05, 0.1) is 12.9 Å². The van der Waals surface area contributed by atoms with Crippen molar-refractivity contribution in [1.29, 1.82) is 0 Å². The summed E-state index contributed by atoms with van der Waals surface area (Å²) >= 11 is 0. The zero-order valence-electron chi connectivity index (χ0n) is 12.7. The summed E-state index contributed by atoms with van der Waals surface area (Å²) in [5.74, 6) is 0.0203. The normalized spacial score (nSPS) is 12.4. The molecule has 1 atom stereocenters. The van der Waals surface area contributed by atoms with Crippen LogP contribution in [0.2, 0.25) is 0 Å². The van der Waals surface area contributed by atoms with Crippen molar-refractivity contribution in [3.63, 3.8) is 0 Å². The Morgan fingerprint density at radius 2 is 1.95 bits per heavy atom. The third-order valence-corrected chi connectivity index (χ3v) is 3.21. The molecular formula is C16H22N4O. The van der Waals surface area contributed by atoms with Crippen molar-refractivity contribution in [3.05, 3.63) is 48.5 Å². The summed E-state index contributed by atoms with van der Waals surface area (Å²) in [6, 6.07) is 8.51. The smallest absolute Gasteiger partial charge is 0.234 e. The van der Waals surface area contributed by atoms with Crippen LogP contribution in [0.3, 0.4) is 0 Å². The molecule has 0 aliphatic rings. The van der Waals surface area contributed by atoms with Gasteiger partial charge in [0, 0.05) is 30.2 Å². The molecule has 0 radical (unpaired) electrons. The molecule has 0 aliphatic carbocycles. The van der Waals surface area contributed by atoms with E-state index in [0.29, 0.717) is 6.54 Å². The fourth-order valence-corrected chi connectivity index (χ4v) is 2.08. The molecule has 0 spiro atoms. The highest BCUT2D eigenvalue weighted by Gasteiger charge is 2.08. The highest BCUT2D eigenvalue weighted by Crippen LogP contribution is 2.15. The molecule has 2 N–H and O–H groups in total. The number of rotatable bonds is 6. The maximum Gasteiger partial charge on any atom is 0.234 e. The first-order chi connectivity index (χ1) is 10.1. The second-order valence-corrected chi connectivity index (χ2v) is 5.39. The van der Waals surface area contributed by atoms with E-state index in [1.54, 1.807) is 12.5 Å². The number of carbonyl (C=O) groups is 1. The summed E-state index contributed by atoms with van der Waals surface area (Å²) in [6.45, 7) is 6.28. The Balaban J connectivity index is 1.91. The number of hydrogen-bond donors (Lipinski definition) is 2. The number of nitrogens with one attached hydrogen (secondary N) is 2. The third-order valence-electron chi connectivity index (χ3n) is 3.21. The maximum absolute atomic E-state index is 11.6. The van der Waals surface area contributed by atoms with Crippen molar-refractivity contribution in [2.24, 2.45) is 0 Å². The molecule has 1 heterocycles. The van der Waals surface area contributed by atoms with Crippen LogP contribution in [0.5, 0.6) is 0 Å². The second-order valence-electron chi connectivity index (χ2n) is 5.39. The van der Waals surface area contributed by atoms with Crippen LogP contribution in [0.25, 0.3) is 5.69 Å². The minimum Gasteiger partial charge on any atom is -0.353 e. The van der Waals surface area contributed by atoms with Crippen LogP contribution in [0, 0.1) is 0 Å². The van der Waals surface area contributed by atoms with Gasteiger partial charge in [-0.3, -0.25) is 4.79 Å². The molecule has 1 amide bonds. The Labute approximate surface area is 125 Å². The molecule has 5 heteroatoms. The lowest BCUT2D eigenvalue weighted by molar-refractivity contribution is -0.120. The molecule has 0 saturated heterocycles. The van der Waals surface area contributed by atoms with Crippen LogP contribution in [0.1, 0.15) is 32.4 Å². The summed E-state index contributed by atoms with van der Waals surface area (Å²) in [5.41, 5.74) is 2.22. The second kappa shape index (κ2) is 7.04. The van der Waals surface area contributed by atoms with Crippen LogP contribution < -0.4 is 10.6 Å². The Bertz CT molecular complexity index is 560. The standard InChI is InChI=1S/C16H22N4O/c1-12(2)19-16(21)10-18-13(3)14-4-6-15(7-5-14)20-9-8-17-11-20/h4-9,11-13,18H,10H2,1-3H3,(H,19,21). The zero-order chi connectivity index (χ0) is 15.2. The predicted octanol–water partition coefficient (Wildman–Crippen LogP) is 2.05. The number of hydrogen-bond acceptors (Lipinski definition) is 3. The van der Waals surface area contributed by atoms with Crippen molar-refractivity contribution in [3.8, 4) is 5.69 Å². The molecule has 2 rings (SSSR count). The van der Waals surface area contributed by atoms with E-state index in [9.17, 15) is 4.79 Å². The van der Waals surface area contributed by atoms with E-state index >= 15 is 0 Å². The lowest BCUT2D eigenvalue weighted by atomic mass is 10.1. The third kappa shape index (κ3) is 4.43. The molecule has 0 saturated carbocycles. The van der Waals surface area contributed by atoms with Gasteiger partial charge in [0.25, 0.3) is 0 Å². The number of imidazole rings is 1. The number of aromatic nitrogens is 2. The summed E-state index contributed by atoms with van der Waals surface area (Å²) in [5, 5.41) is 6.09. The van der Waals surface area contributed by atoms with E-state index in [1.807, 2.05) is 36.7 Å². The van der Waals surface area contributed by atoms with Crippen LogP contribution in [0.4, 0.5) is 0 Å². The molecule has 112 valence electrons. The molecule has 2 aromatic rings. The van der Waals surface area contributed by atoms with E-state index in [2.05, 4.69) is 34.7 Å². The number of amides is 1. The van der Waals surface area contributed by atoms with Crippen LogP contribution in [-0.2, 0) is 4.79 Å². The summed E-state index contributed by atoms with van der Waals surface area (Å²) in [4.78, 5) is 15.6. The van der Waals surface area contributed by atoms with Gasteiger partial charge in [-0.1, -0.05) is 12.1 Å². The van der Waals surface area contributed by atoms with Crippen LogP contribution in [0.15, 0.2) is 43.0 Å². The van der Waals surface area contributed by atoms with E-state index < -0.39 is 0 Å². The van der Waals surface area contributed by atoms with Crippen molar-refractivity contribution in [2.45, 2.75) is 32.9 Å². The first-order valence-electron chi connectivity index (χ1n) is 7.17. The molecule has 5 nitrogen and oxygen atoms in total. The van der Waals surface area contributed by atoms with Gasteiger partial charge in [0.1, 0.15) is 0 Å². The summed E-state index contributed by atoms with van der Waals surface area (Å²) in [7, 11) is 0. The predicted molar refractivity (Wildman–Crippen MR) is 83.3 cm³/mol. The van der Waals surface area contributed by atoms with Gasteiger partial charge in [-0.15, -0.1) is 0 Å². The Hall–Kier alpha value is -2.14. The molecule has 0 bridgehead atoms. The molecule has 1 aromatic carbocycles. The van der Waals surface area contributed by atoms with E-state index in [1.165, 1.54) is 0 Å². The Kier molecular flexibility index (Phi) is 5.11. The van der Waals surface area contributed by atoms with Crippen molar-refractivity contribution >= 4 is 5.91 Å². The van der Waals surface area contributed by atoms with E-state index in [4.69, 9.17) is 0 Å². The van der Waals surface area contributed by atoms with Gasteiger partial charge < -0.3 is 15.2 Å². The van der Waals surface area contributed by atoms with Crippen molar-refractivity contribution in [1.82, 2.24) is 20.2 Å². The number of benzene rings is 1. The van der Waals surface area contributed by atoms with Crippen molar-refractivity contribution in [2.75, 3.05) is 6.54 Å². The lowest BCUT2D eigenvalue weighted by Gasteiger charge is -2.15. The molecule has 21 heavy (non-hydrogen) atoms. The quantitative estimate of drug-likeness (QED) is 0.854. The van der Waals surface area contributed by atoms with Crippen molar-refractivity contribution < 1.29 is 4.79 Å². The monoisotopic (exact) mass is 286 g/mol. The topological polar surface area (TPSA) is 59.0 Å². The minimum atomic E-state index is 0.0203. The average molecular weight is 286 g/mol. The van der Waals surface area contributed by atoms with E-state index in [0.717, 1.165) is 11.3 Å². The highest BCUT2D eigenvalue weighted by atomic mass is 16.1. The van der Waals surface area contributed by atoms with E-state index in [-0.39, 0.29) is 18.0 Å². The van der Waals surface area contributed by atoms with Gasteiger partial charge in [-0.05, 0) is 38.5 Å². The summed E-state index contributed by atoms with van der Waals surface area (Å²) < 4.78 is 1.96. The van der Waals surface area contributed by atoms with Gasteiger partial charge in [0.15, 0.2) is 0 Å². The number of carbonyl (C=O) groups excluding carboxylic acids is 1. The SMILES string of the molecule is CC(C)NC(=O)CNC(C)c1ccc(-n2ccnc2)cc1. The van der Waals surface area contributed by atoms with Crippen LogP contribution >= 0.6 is 0 Å². The fraction of sp³-hybridized carbons (Fsp3) is 0.375. The molecule has 0 fully saturated rings.